The molecule has 21 heavy (non-hydrogen) atoms. The Hall–Kier alpha value is -1.75. The second-order valence-corrected chi connectivity index (χ2v) is 7.58. The topological polar surface area (TPSA) is 138 Å². The number of rotatable bonds is 7. The molecule has 0 aromatic carbocycles. The van der Waals surface area contributed by atoms with Crippen LogP contribution >= 0.6 is 11.3 Å². The third kappa shape index (κ3) is 6.49. The predicted octanol–water partition coefficient (Wildman–Crippen LogP) is 0.110. The van der Waals surface area contributed by atoms with Crippen molar-refractivity contribution in [1.82, 2.24) is 15.5 Å². The zero-order valence-corrected chi connectivity index (χ0v) is 13.1. The van der Waals surface area contributed by atoms with Crippen molar-refractivity contribution in [2.45, 2.75) is 25.8 Å². The summed E-state index contributed by atoms with van der Waals surface area (Å²) in [6.45, 7) is 1.88. The SMILES string of the molecule is CCc1nnc(NC(=O)NC(CCS(C)(=O)=O)C(=O)O)s1. The van der Waals surface area contributed by atoms with Gasteiger partial charge in [0.05, 0.1) is 5.75 Å². The summed E-state index contributed by atoms with van der Waals surface area (Å²) >= 11 is 1.18. The Balaban J connectivity index is 2.58. The Kier molecular flexibility index (Phi) is 6.03. The van der Waals surface area contributed by atoms with E-state index < -0.39 is 27.9 Å². The molecule has 1 aromatic heterocycles. The van der Waals surface area contributed by atoms with Crippen LogP contribution in [0.5, 0.6) is 0 Å². The van der Waals surface area contributed by atoms with Gasteiger partial charge in [-0.1, -0.05) is 18.3 Å². The maximum absolute atomic E-state index is 11.7. The van der Waals surface area contributed by atoms with Crippen molar-refractivity contribution in [2.75, 3.05) is 17.3 Å². The van der Waals surface area contributed by atoms with Crippen LogP contribution in [0.3, 0.4) is 0 Å². The van der Waals surface area contributed by atoms with Crippen LogP contribution in [0.1, 0.15) is 18.4 Å². The maximum atomic E-state index is 11.7. The molecule has 0 saturated heterocycles. The van der Waals surface area contributed by atoms with E-state index in [2.05, 4.69) is 20.8 Å². The minimum Gasteiger partial charge on any atom is -0.480 e. The first kappa shape index (κ1) is 17.3. The van der Waals surface area contributed by atoms with Gasteiger partial charge in [-0.25, -0.2) is 18.0 Å². The molecule has 0 spiro atoms. The van der Waals surface area contributed by atoms with Gasteiger partial charge in [0.1, 0.15) is 20.9 Å². The van der Waals surface area contributed by atoms with E-state index in [4.69, 9.17) is 5.11 Å². The van der Waals surface area contributed by atoms with Crippen LogP contribution in [-0.2, 0) is 21.1 Å². The average molecular weight is 336 g/mol. The third-order valence-electron chi connectivity index (χ3n) is 2.37. The molecule has 0 radical (unpaired) electrons. The van der Waals surface area contributed by atoms with Gasteiger partial charge >= 0.3 is 12.0 Å². The molecule has 1 atom stereocenters. The minimum absolute atomic E-state index is 0.210. The van der Waals surface area contributed by atoms with E-state index in [1.165, 1.54) is 11.3 Å². The van der Waals surface area contributed by atoms with Crippen molar-refractivity contribution in [1.29, 1.82) is 0 Å². The summed E-state index contributed by atoms with van der Waals surface area (Å²) in [5.41, 5.74) is 0. The fourth-order valence-corrected chi connectivity index (χ4v) is 2.67. The number of nitrogens with zero attached hydrogens (tertiary/aromatic N) is 2. The highest BCUT2D eigenvalue weighted by atomic mass is 32.2. The average Bonchev–Trinajstić information content (AvgIpc) is 2.80. The predicted molar refractivity (Wildman–Crippen MR) is 77.2 cm³/mol. The number of nitrogens with one attached hydrogen (secondary N) is 2. The summed E-state index contributed by atoms with van der Waals surface area (Å²) in [5, 5.41) is 22.0. The highest BCUT2D eigenvalue weighted by Crippen LogP contribution is 2.15. The number of aromatic nitrogens is 2. The molecule has 11 heteroatoms. The van der Waals surface area contributed by atoms with Gasteiger partial charge in [0.15, 0.2) is 0 Å². The van der Waals surface area contributed by atoms with E-state index >= 15 is 0 Å². The van der Waals surface area contributed by atoms with Crippen LogP contribution < -0.4 is 10.6 Å². The van der Waals surface area contributed by atoms with Gasteiger partial charge in [0, 0.05) is 6.26 Å². The lowest BCUT2D eigenvalue weighted by atomic mass is 10.2. The lowest BCUT2D eigenvalue weighted by Crippen LogP contribution is -2.43. The summed E-state index contributed by atoms with van der Waals surface area (Å²) in [5.74, 6) is -1.64. The Labute approximate surface area is 125 Å². The van der Waals surface area contributed by atoms with Crippen molar-refractivity contribution in [3.63, 3.8) is 0 Å². The first-order chi connectivity index (χ1) is 9.71. The number of aryl methyl sites for hydroxylation is 1. The molecule has 0 saturated carbocycles. The van der Waals surface area contributed by atoms with Crippen molar-refractivity contribution >= 4 is 38.3 Å². The molecule has 118 valence electrons. The first-order valence-electron chi connectivity index (χ1n) is 6.01. The van der Waals surface area contributed by atoms with E-state index in [-0.39, 0.29) is 17.3 Å². The number of carboxylic acids is 1. The molecule has 1 unspecified atom stereocenters. The van der Waals surface area contributed by atoms with Crippen LogP contribution in [-0.4, -0.2) is 53.8 Å². The Morgan fingerprint density at radius 2 is 2.05 bits per heavy atom. The highest BCUT2D eigenvalue weighted by Gasteiger charge is 2.22. The summed E-state index contributed by atoms with van der Waals surface area (Å²) in [6.07, 6.45) is 1.46. The number of carbonyl (C=O) groups excluding carboxylic acids is 1. The monoisotopic (exact) mass is 336 g/mol. The van der Waals surface area contributed by atoms with E-state index in [0.29, 0.717) is 6.42 Å². The Morgan fingerprint density at radius 3 is 2.52 bits per heavy atom. The lowest BCUT2D eigenvalue weighted by Gasteiger charge is -2.13. The first-order valence-corrected chi connectivity index (χ1v) is 8.89. The zero-order chi connectivity index (χ0) is 16.0. The van der Waals surface area contributed by atoms with Crippen molar-refractivity contribution < 1.29 is 23.1 Å². The summed E-state index contributed by atoms with van der Waals surface area (Å²) < 4.78 is 22.1. The number of hydrogen-bond donors (Lipinski definition) is 3. The number of carbonyl (C=O) groups is 2. The Morgan fingerprint density at radius 1 is 1.38 bits per heavy atom. The summed E-state index contributed by atoms with van der Waals surface area (Å²) in [4.78, 5) is 22.6. The molecule has 0 fully saturated rings. The molecule has 1 aromatic rings. The fraction of sp³-hybridized carbons (Fsp3) is 0.600. The molecule has 0 aliphatic heterocycles. The Bertz CT molecular complexity index is 613. The molecular weight excluding hydrogens is 320 g/mol. The number of urea groups is 1. The zero-order valence-electron chi connectivity index (χ0n) is 11.5. The smallest absolute Gasteiger partial charge is 0.326 e. The van der Waals surface area contributed by atoms with E-state index in [1.807, 2.05) is 6.92 Å². The van der Waals surface area contributed by atoms with Crippen LogP contribution in [0.25, 0.3) is 0 Å². The van der Waals surface area contributed by atoms with Gasteiger partial charge in [-0.2, -0.15) is 0 Å². The molecule has 1 heterocycles. The number of hydrogen-bond acceptors (Lipinski definition) is 7. The van der Waals surface area contributed by atoms with Crippen molar-refractivity contribution in [3.05, 3.63) is 5.01 Å². The van der Waals surface area contributed by atoms with Gasteiger partial charge in [-0.15, -0.1) is 10.2 Å². The van der Waals surface area contributed by atoms with Crippen LogP contribution in [0, 0.1) is 0 Å². The molecule has 1 rings (SSSR count). The van der Waals surface area contributed by atoms with Gasteiger partial charge in [0.2, 0.25) is 5.13 Å². The summed E-state index contributed by atoms with van der Waals surface area (Å²) in [7, 11) is -3.30. The van der Waals surface area contributed by atoms with Gasteiger partial charge in [-0.05, 0) is 12.8 Å². The van der Waals surface area contributed by atoms with E-state index in [1.54, 1.807) is 0 Å². The molecular formula is C10H16N4O5S2. The largest absolute Gasteiger partial charge is 0.480 e. The van der Waals surface area contributed by atoms with Crippen molar-refractivity contribution in [3.8, 4) is 0 Å². The summed E-state index contributed by atoms with van der Waals surface area (Å²) in [6, 6.07) is -2.06. The van der Waals surface area contributed by atoms with Gasteiger partial charge in [-0.3, -0.25) is 5.32 Å². The molecule has 0 aliphatic carbocycles. The number of anilines is 1. The second-order valence-electron chi connectivity index (χ2n) is 4.26. The van der Waals surface area contributed by atoms with Gasteiger partial charge in [0.25, 0.3) is 0 Å². The minimum atomic E-state index is -3.30. The standard InChI is InChI=1S/C10H16N4O5S2/c1-3-7-13-14-10(20-7)12-9(17)11-6(8(15)16)4-5-21(2,18)19/h6H,3-5H2,1-2H3,(H,15,16)(H2,11,12,14,17). The van der Waals surface area contributed by atoms with E-state index in [0.717, 1.165) is 11.3 Å². The lowest BCUT2D eigenvalue weighted by molar-refractivity contribution is -0.139. The highest BCUT2D eigenvalue weighted by molar-refractivity contribution is 7.90. The van der Waals surface area contributed by atoms with Crippen LogP contribution in [0.4, 0.5) is 9.93 Å². The van der Waals surface area contributed by atoms with E-state index in [9.17, 15) is 18.0 Å². The molecule has 0 aliphatic rings. The molecule has 3 N–H and O–H groups in total. The molecule has 0 bridgehead atoms. The maximum Gasteiger partial charge on any atom is 0.326 e. The quantitative estimate of drug-likeness (QED) is 0.642. The van der Waals surface area contributed by atoms with Crippen molar-refractivity contribution in [2.24, 2.45) is 0 Å². The fourth-order valence-electron chi connectivity index (χ4n) is 1.33. The van der Waals surface area contributed by atoms with Crippen LogP contribution in [0.15, 0.2) is 0 Å². The number of sulfone groups is 1. The second kappa shape index (κ2) is 7.31. The number of aliphatic carboxylic acids is 1. The van der Waals surface area contributed by atoms with Gasteiger partial charge < -0.3 is 10.4 Å². The third-order valence-corrected chi connectivity index (χ3v) is 4.33. The molecule has 9 nitrogen and oxygen atoms in total. The molecule has 2 amide bonds. The van der Waals surface area contributed by atoms with Crippen LogP contribution in [0.2, 0.25) is 0 Å². The number of amides is 2. The normalized spacial score (nSPS) is 12.7. The number of carboxylic acid groups (broad SMARTS) is 1.